The summed E-state index contributed by atoms with van der Waals surface area (Å²) in [5.74, 6) is 0.112. The lowest BCUT2D eigenvalue weighted by molar-refractivity contribution is -0.0791. The van der Waals surface area contributed by atoms with Crippen molar-refractivity contribution >= 4 is 5.91 Å². The van der Waals surface area contributed by atoms with Crippen molar-refractivity contribution in [3.63, 3.8) is 0 Å². The molecule has 0 saturated carbocycles. The first kappa shape index (κ1) is 13.6. The Morgan fingerprint density at radius 1 is 1.45 bits per heavy atom. The molecule has 0 aromatic carbocycles. The number of piperidine rings is 1. The van der Waals surface area contributed by atoms with Gasteiger partial charge < -0.3 is 20.4 Å². The van der Waals surface area contributed by atoms with E-state index in [-0.39, 0.29) is 17.4 Å². The van der Waals surface area contributed by atoms with E-state index in [0.717, 1.165) is 39.0 Å². The number of H-pyrrole nitrogens is 1. The van der Waals surface area contributed by atoms with Crippen LogP contribution in [0, 0.1) is 5.41 Å². The number of nitrogens with two attached hydrogens (primary N) is 1. The van der Waals surface area contributed by atoms with Crippen molar-refractivity contribution in [3.05, 3.63) is 24.0 Å². The Balaban J connectivity index is 1.56. The summed E-state index contributed by atoms with van der Waals surface area (Å²) in [7, 11) is 0. The number of ether oxygens (including phenoxy) is 1. The first-order valence-electron chi connectivity index (χ1n) is 7.47. The normalized spacial score (nSPS) is 25.9. The Morgan fingerprint density at radius 2 is 2.25 bits per heavy atom. The molecule has 2 aliphatic rings. The molecule has 2 fully saturated rings. The smallest absolute Gasteiger partial charge is 0.270 e. The third-order valence-corrected chi connectivity index (χ3v) is 4.82. The van der Waals surface area contributed by atoms with E-state index in [2.05, 4.69) is 4.98 Å². The van der Waals surface area contributed by atoms with Crippen LogP contribution in [0.3, 0.4) is 0 Å². The fraction of sp³-hybridized carbons (Fsp3) is 0.667. The van der Waals surface area contributed by atoms with Crippen LogP contribution in [0.25, 0.3) is 0 Å². The number of likely N-dealkylation sites (tertiary alicyclic amines) is 1. The highest BCUT2D eigenvalue weighted by Crippen LogP contribution is 2.40. The number of hydrogen-bond donors (Lipinski definition) is 2. The van der Waals surface area contributed by atoms with E-state index < -0.39 is 0 Å². The molecule has 3 heterocycles. The quantitative estimate of drug-likeness (QED) is 0.857. The van der Waals surface area contributed by atoms with Crippen LogP contribution in [0.2, 0.25) is 0 Å². The number of aromatic nitrogens is 1. The van der Waals surface area contributed by atoms with Crippen LogP contribution in [0.1, 0.15) is 36.2 Å². The topological polar surface area (TPSA) is 71.3 Å². The van der Waals surface area contributed by atoms with E-state index >= 15 is 0 Å². The van der Waals surface area contributed by atoms with E-state index in [0.29, 0.717) is 12.2 Å². The molecule has 1 aromatic rings. The molecular weight excluding hydrogens is 254 g/mol. The predicted octanol–water partition coefficient (Wildman–Crippen LogP) is 1.37. The highest BCUT2D eigenvalue weighted by atomic mass is 16.5. The first-order chi connectivity index (χ1) is 9.72. The maximum Gasteiger partial charge on any atom is 0.270 e. The monoisotopic (exact) mass is 277 g/mol. The van der Waals surface area contributed by atoms with Gasteiger partial charge in [0.05, 0.1) is 12.7 Å². The van der Waals surface area contributed by atoms with Crippen molar-refractivity contribution < 1.29 is 9.53 Å². The van der Waals surface area contributed by atoms with E-state index in [9.17, 15) is 4.79 Å². The molecule has 0 aliphatic carbocycles. The molecule has 1 unspecified atom stereocenters. The molecule has 5 heteroatoms. The molecule has 20 heavy (non-hydrogen) atoms. The molecule has 5 nitrogen and oxygen atoms in total. The van der Waals surface area contributed by atoms with Gasteiger partial charge in [-0.3, -0.25) is 4.79 Å². The molecule has 1 amide bonds. The number of aromatic amines is 1. The van der Waals surface area contributed by atoms with Gasteiger partial charge in [-0.2, -0.15) is 0 Å². The number of hydrogen-bond acceptors (Lipinski definition) is 3. The van der Waals surface area contributed by atoms with Crippen molar-refractivity contribution in [2.24, 2.45) is 11.1 Å². The SMILES string of the molecule is NCC1CCC2(CCN(C(=O)c3ccc[nH]3)CC2)CO1. The average Bonchev–Trinajstić information content (AvgIpc) is 3.02. The largest absolute Gasteiger partial charge is 0.376 e. The number of rotatable bonds is 2. The lowest BCUT2D eigenvalue weighted by Crippen LogP contribution is -2.48. The summed E-state index contributed by atoms with van der Waals surface area (Å²) >= 11 is 0. The summed E-state index contributed by atoms with van der Waals surface area (Å²) in [6, 6.07) is 3.70. The Hall–Kier alpha value is -1.33. The van der Waals surface area contributed by atoms with Crippen LogP contribution in [0.5, 0.6) is 0 Å². The summed E-state index contributed by atoms with van der Waals surface area (Å²) in [5.41, 5.74) is 6.62. The first-order valence-corrected chi connectivity index (χ1v) is 7.47. The number of nitrogens with zero attached hydrogens (tertiary/aromatic N) is 1. The summed E-state index contributed by atoms with van der Waals surface area (Å²) in [6.45, 7) is 3.08. The fourth-order valence-electron chi connectivity index (χ4n) is 3.32. The maximum atomic E-state index is 12.3. The lowest BCUT2D eigenvalue weighted by atomic mass is 9.73. The van der Waals surface area contributed by atoms with Crippen LogP contribution in [-0.2, 0) is 4.74 Å². The number of carbonyl (C=O) groups is 1. The summed E-state index contributed by atoms with van der Waals surface area (Å²) in [4.78, 5) is 17.2. The lowest BCUT2D eigenvalue weighted by Gasteiger charge is -2.45. The van der Waals surface area contributed by atoms with Gasteiger partial charge in [-0.1, -0.05) is 0 Å². The second kappa shape index (κ2) is 5.58. The fourth-order valence-corrected chi connectivity index (χ4v) is 3.32. The third kappa shape index (κ3) is 2.60. The number of carbonyl (C=O) groups excluding carboxylic acids is 1. The molecule has 1 atom stereocenters. The maximum absolute atomic E-state index is 12.3. The van der Waals surface area contributed by atoms with Crippen LogP contribution in [-0.4, -0.2) is 48.1 Å². The van der Waals surface area contributed by atoms with Crippen molar-refractivity contribution in [1.29, 1.82) is 0 Å². The molecule has 2 aliphatic heterocycles. The van der Waals surface area contributed by atoms with E-state index in [1.165, 1.54) is 6.42 Å². The summed E-state index contributed by atoms with van der Waals surface area (Å²) in [6.07, 6.45) is 6.34. The van der Waals surface area contributed by atoms with E-state index in [4.69, 9.17) is 10.5 Å². The van der Waals surface area contributed by atoms with Gasteiger partial charge in [-0.15, -0.1) is 0 Å². The van der Waals surface area contributed by atoms with Crippen LogP contribution >= 0.6 is 0 Å². The Labute approximate surface area is 119 Å². The Kier molecular flexibility index (Phi) is 3.81. The zero-order valence-electron chi connectivity index (χ0n) is 11.8. The third-order valence-electron chi connectivity index (χ3n) is 4.82. The number of nitrogens with one attached hydrogen (secondary N) is 1. The van der Waals surface area contributed by atoms with Gasteiger partial charge in [-0.05, 0) is 43.2 Å². The zero-order valence-corrected chi connectivity index (χ0v) is 11.8. The van der Waals surface area contributed by atoms with Crippen molar-refractivity contribution in [2.75, 3.05) is 26.2 Å². The minimum absolute atomic E-state index is 0.112. The highest BCUT2D eigenvalue weighted by Gasteiger charge is 2.39. The highest BCUT2D eigenvalue weighted by molar-refractivity contribution is 5.92. The van der Waals surface area contributed by atoms with Gasteiger partial charge >= 0.3 is 0 Å². The van der Waals surface area contributed by atoms with Gasteiger partial charge in [0.1, 0.15) is 5.69 Å². The van der Waals surface area contributed by atoms with Crippen LogP contribution in [0.15, 0.2) is 18.3 Å². The van der Waals surface area contributed by atoms with Crippen LogP contribution < -0.4 is 5.73 Å². The molecule has 110 valence electrons. The summed E-state index contributed by atoms with van der Waals surface area (Å²) in [5, 5.41) is 0. The Morgan fingerprint density at radius 3 is 2.80 bits per heavy atom. The molecule has 3 rings (SSSR count). The van der Waals surface area contributed by atoms with Gasteiger partial charge in [0, 0.05) is 25.8 Å². The van der Waals surface area contributed by atoms with Crippen molar-refractivity contribution in [2.45, 2.75) is 31.8 Å². The average molecular weight is 277 g/mol. The van der Waals surface area contributed by atoms with Gasteiger partial charge in [0.25, 0.3) is 5.91 Å². The second-order valence-electron chi connectivity index (χ2n) is 6.08. The van der Waals surface area contributed by atoms with Gasteiger partial charge in [0.2, 0.25) is 0 Å². The second-order valence-corrected chi connectivity index (χ2v) is 6.08. The molecule has 1 aromatic heterocycles. The van der Waals surface area contributed by atoms with Crippen molar-refractivity contribution in [3.8, 4) is 0 Å². The molecule has 2 saturated heterocycles. The minimum atomic E-state index is 0.112. The Bertz CT molecular complexity index is 440. The standard InChI is InChI=1S/C15H23N3O2/c16-10-12-3-4-15(11-20-12)5-8-18(9-6-15)14(19)13-2-1-7-17-13/h1-2,7,12,17H,3-6,8-11,16H2. The van der Waals surface area contributed by atoms with Crippen molar-refractivity contribution in [1.82, 2.24) is 9.88 Å². The van der Waals surface area contributed by atoms with E-state index in [1.54, 1.807) is 6.20 Å². The number of amides is 1. The summed E-state index contributed by atoms with van der Waals surface area (Å²) < 4.78 is 5.85. The molecule has 0 radical (unpaired) electrons. The van der Waals surface area contributed by atoms with Gasteiger partial charge in [0.15, 0.2) is 0 Å². The molecular formula is C15H23N3O2. The zero-order chi connectivity index (χ0) is 14.0. The molecule has 0 bridgehead atoms. The molecule has 3 N–H and O–H groups in total. The predicted molar refractivity (Wildman–Crippen MR) is 76.4 cm³/mol. The van der Waals surface area contributed by atoms with Crippen LogP contribution in [0.4, 0.5) is 0 Å². The molecule has 1 spiro atoms. The van der Waals surface area contributed by atoms with Gasteiger partial charge in [-0.25, -0.2) is 0 Å². The minimum Gasteiger partial charge on any atom is -0.376 e. The van der Waals surface area contributed by atoms with E-state index in [1.807, 2.05) is 17.0 Å².